The Morgan fingerprint density at radius 2 is 1.92 bits per heavy atom. The van der Waals surface area contributed by atoms with Crippen LogP contribution in [-0.4, -0.2) is 46.0 Å². The molecule has 0 amide bonds. The molecule has 0 aromatic carbocycles. The first-order valence-corrected chi connectivity index (χ1v) is 12.6. The van der Waals surface area contributed by atoms with Crippen LogP contribution < -0.4 is 0 Å². The lowest BCUT2D eigenvalue weighted by atomic mass is 10.1. The van der Waals surface area contributed by atoms with E-state index in [2.05, 4.69) is 33.9 Å². The van der Waals surface area contributed by atoms with E-state index in [1.54, 1.807) is 0 Å². The van der Waals surface area contributed by atoms with Crippen molar-refractivity contribution in [3.05, 3.63) is 11.6 Å². The second kappa shape index (κ2) is 9.49. The number of esters is 1. The quantitative estimate of drug-likeness (QED) is 0.246. The third-order valence-electron chi connectivity index (χ3n) is 5.06. The number of unbranched alkanes of at least 4 members (excludes halogenated alkanes) is 1. The lowest BCUT2D eigenvalue weighted by molar-refractivity contribution is -0.139. The van der Waals surface area contributed by atoms with Crippen molar-refractivity contribution >= 4 is 14.3 Å². The molecule has 0 bridgehead atoms. The largest absolute Gasteiger partial charge is 0.463 e. The van der Waals surface area contributed by atoms with E-state index < -0.39 is 14.1 Å². The molecule has 0 aromatic heterocycles. The molecule has 6 heteroatoms. The highest BCUT2D eigenvalue weighted by Crippen LogP contribution is 2.36. The summed E-state index contributed by atoms with van der Waals surface area (Å²) >= 11 is 0. The van der Waals surface area contributed by atoms with Crippen LogP contribution in [0.3, 0.4) is 0 Å². The van der Waals surface area contributed by atoms with E-state index in [4.69, 9.17) is 18.6 Å². The van der Waals surface area contributed by atoms with Gasteiger partial charge in [0.05, 0.1) is 13.2 Å². The summed E-state index contributed by atoms with van der Waals surface area (Å²) in [6.45, 7) is 18.4. The maximum Gasteiger partial charge on any atom is 0.333 e. The average molecular weight is 387 g/mol. The lowest BCUT2D eigenvalue weighted by Gasteiger charge is -2.36. The van der Waals surface area contributed by atoms with Crippen LogP contribution in [-0.2, 0) is 23.4 Å². The fraction of sp³-hybridized carbons (Fsp3) is 0.850. The molecule has 0 aromatic rings. The number of ether oxygens (including phenoxy) is 3. The molecule has 0 saturated carbocycles. The van der Waals surface area contributed by atoms with Crippen LogP contribution in [0.5, 0.6) is 0 Å². The molecule has 0 unspecified atom stereocenters. The number of hydrogen-bond donors (Lipinski definition) is 0. The topological polar surface area (TPSA) is 54.0 Å². The van der Waals surface area contributed by atoms with Gasteiger partial charge in [-0.25, -0.2) is 4.79 Å². The predicted molar refractivity (Wildman–Crippen MR) is 107 cm³/mol. The van der Waals surface area contributed by atoms with Crippen molar-refractivity contribution in [1.29, 1.82) is 0 Å². The van der Waals surface area contributed by atoms with E-state index in [0.717, 1.165) is 19.4 Å². The van der Waals surface area contributed by atoms with Crippen LogP contribution in [0.15, 0.2) is 11.6 Å². The molecule has 1 aliphatic rings. The molecule has 1 atom stereocenters. The van der Waals surface area contributed by atoms with Crippen LogP contribution >= 0.6 is 0 Å². The summed E-state index contributed by atoms with van der Waals surface area (Å²) in [6, 6.07) is 0. The minimum absolute atomic E-state index is 0.201. The molecule has 5 nitrogen and oxygen atoms in total. The zero-order valence-electron chi connectivity index (χ0n) is 17.9. The van der Waals surface area contributed by atoms with Gasteiger partial charge < -0.3 is 18.6 Å². The van der Waals surface area contributed by atoms with Gasteiger partial charge in [0.25, 0.3) is 0 Å². The SMILES string of the molecule is CCOC(=O)/C(=C\[C@H]1COC(C)(C)O1)CCCCO[Si](C)(C)C(C)(C)C. The Bertz CT molecular complexity index is 491. The Morgan fingerprint density at radius 3 is 2.42 bits per heavy atom. The van der Waals surface area contributed by atoms with E-state index in [9.17, 15) is 4.79 Å². The summed E-state index contributed by atoms with van der Waals surface area (Å²) in [6.07, 6.45) is 4.14. The van der Waals surface area contributed by atoms with E-state index in [1.807, 2.05) is 26.8 Å². The van der Waals surface area contributed by atoms with Gasteiger partial charge in [-0.05, 0) is 64.2 Å². The Balaban J connectivity index is 2.53. The van der Waals surface area contributed by atoms with Gasteiger partial charge >= 0.3 is 5.97 Å². The molecule has 1 heterocycles. The summed E-state index contributed by atoms with van der Waals surface area (Å²) in [5.41, 5.74) is 0.672. The Morgan fingerprint density at radius 1 is 1.27 bits per heavy atom. The standard InChI is InChI=1S/C20H38O5Si/c1-9-22-18(21)16(14-17-15-23-20(5,6)25-17)12-10-11-13-24-26(7,8)19(2,3)4/h14,17H,9-13,15H2,1-8H3/b16-14-/t17-/m0/s1. The first kappa shape index (κ1) is 23.3. The fourth-order valence-electron chi connectivity index (χ4n) is 2.46. The highest BCUT2D eigenvalue weighted by Gasteiger charge is 2.37. The maximum absolute atomic E-state index is 12.2. The van der Waals surface area contributed by atoms with E-state index in [0.29, 0.717) is 25.2 Å². The number of hydrogen-bond acceptors (Lipinski definition) is 5. The number of carbonyl (C=O) groups is 1. The zero-order chi connectivity index (χ0) is 20.0. The van der Waals surface area contributed by atoms with Gasteiger partial charge in [0.1, 0.15) is 6.10 Å². The predicted octanol–water partition coefficient (Wildman–Crippen LogP) is 4.82. The van der Waals surface area contributed by atoms with Gasteiger partial charge in [-0.1, -0.05) is 20.8 Å². The van der Waals surface area contributed by atoms with Gasteiger partial charge in [0, 0.05) is 12.2 Å². The third-order valence-corrected chi connectivity index (χ3v) is 9.60. The fourth-order valence-corrected chi connectivity index (χ4v) is 3.55. The van der Waals surface area contributed by atoms with Crippen LogP contribution in [0, 0.1) is 0 Å². The van der Waals surface area contributed by atoms with Crippen molar-refractivity contribution in [2.24, 2.45) is 0 Å². The normalized spacial score (nSPS) is 21.1. The molecule has 26 heavy (non-hydrogen) atoms. The number of rotatable bonds is 9. The molecule has 0 aliphatic carbocycles. The smallest absolute Gasteiger partial charge is 0.333 e. The van der Waals surface area contributed by atoms with Gasteiger partial charge in [0.2, 0.25) is 0 Å². The summed E-state index contributed by atoms with van der Waals surface area (Å²) in [4.78, 5) is 12.2. The molecular formula is C20H38O5Si. The Hall–Kier alpha value is -0.693. The minimum atomic E-state index is -1.70. The monoisotopic (exact) mass is 386 g/mol. The molecular weight excluding hydrogens is 348 g/mol. The maximum atomic E-state index is 12.2. The molecule has 0 radical (unpaired) electrons. The van der Waals surface area contributed by atoms with Gasteiger partial charge in [0.15, 0.2) is 14.1 Å². The third kappa shape index (κ3) is 7.51. The molecule has 0 spiro atoms. The molecule has 1 saturated heterocycles. The highest BCUT2D eigenvalue weighted by molar-refractivity contribution is 6.74. The van der Waals surface area contributed by atoms with Gasteiger partial charge in [-0.3, -0.25) is 0 Å². The molecule has 152 valence electrons. The van der Waals surface area contributed by atoms with Crippen molar-refractivity contribution in [3.8, 4) is 0 Å². The number of carbonyl (C=O) groups excluding carboxylic acids is 1. The van der Waals surface area contributed by atoms with Crippen molar-refractivity contribution in [2.45, 2.75) is 90.8 Å². The first-order chi connectivity index (χ1) is 11.9. The van der Waals surface area contributed by atoms with Crippen LogP contribution in [0.2, 0.25) is 18.1 Å². The molecule has 1 rings (SSSR count). The second-order valence-electron chi connectivity index (χ2n) is 8.85. The molecule has 1 fully saturated rings. The van der Waals surface area contributed by atoms with Crippen molar-refractivity contribution in [2.75, 3.05) is 19.8 Å². The van der Waals surface area contributed by atoms with Crippen LogP contribution in [0.1, 0.15) is 60.8 Å². The van der Waals surface area contributed by atoms with Gasteiger partial charge in [-0.2, -0.15) is 0 Å². The van der Waals surface area contributed by atoms with Crippen LogP contribution in [0.25, 0.3) is 0 Å². The van der Waals surface area contributed by atoms with E-state index in [-0.39, 0.29) is 17.1 Å². The Kier molecular flexibility index (Phi) is 8.52. The van der Waals surface area contributed by atoms with Gasteiger partial charge in [-0.15, -0.1) is 0 Å². The molecule has 1 aliphatic heterocycles. The summed E-state index contributed by atoms with van der Waals surface area (Å²) in [7, 11) is -1.70. The van der Waals surface area contributed by atoms with Crippen molar-refractivity contribution in [1.82, 2.24) is 0 Å². The summed E-state index contributed by atoms with van der Waals surface area (Å²) in [5, 5.41) is 0.218. The lowest BCUT2D eigenvalue weighted by Crippen LogP contribution is -2.40. The highest BCUT2D eigenvalue weighted by atomic mass is 28.4. The first-order valence-electron chi connectivity index (χ1n) is 9.71. The average Bonchev–Trinajstić information content (AvgIpc) is 2.83. The summed E-state index contributed by atoms with van der Waals surface area (Å²) in [5.74, 6) is -0.857. The van der Waals surface area contributed by atoms with Crippen molar-refractivity contribution in [3.63, 3.8) is 0 Å². The summed E-state index contributed by atoms with van der Waals surface area (Å²) < 4.78 is 22.8. The van der Waals surface area contributed by atoms with E-state index in [1.165, 1.54) is 0 Å². The van der Waals surface area contributed by atoms with E-state index >= 15 is 0 Å². The minimum Gasteiger partial charge on any atom is -0.463 e. The second-order valence-corrected chi connectivity index (χ2v) is 13.7. The Labute approximate surface area is 160 Å². The zero-order valence-corrected chi connectivity index (χ0v) is 18.9. The molecule has 0 N–H and O–H groups in total. The van der Waals surface area contributed by atoms with Crippen LogP contribution in [0.4, 0.5) is 0 Å². The van der Waals surface area contributed by atoms with Crippen molar-refractivity contribution < 1.29 is 23.4 Å².